The van der Waals surface area contributed by atoms with E-state index >= 15 is 0 Å². The zero-order valence-electron chi connectivity index (χ0n) is 20.1. The molecule has 0 bridgehead atoms. The van der Waals surface area contributed by atoms with Crippen LogP contribution in [0.2, 0.25) is 0 Å². The van der Waals surface area contributed by atoms with Crippen LogP contribution in [0.15, 0.2) is 36.4 Å². The van der Waals surface area contributed by atoms with Crippen LogP contribution in [-0.4, -0.2) is 51.3 Å². The van der Waals surface area contributed by atoms with Crippen LogP contribution in [-0.2, 0) is 16.0 Å². The molecular weight excluding hydrogens is 422 g/mol. The molecule has 0 spiro atoms. The van der Waals surface area contributed by atoms with E-state index in [4.69, 9.17) is 18.9 Å². The summed E-state index contributed by atoms with van der Waals surface area (Å²) in [6.45, 7) is 5.00. The Kier molecular flexibility index (Phi) is 8.20. The molecule has 3 rings (SSSR count). The number of benzene rings is 2. The van der Waals surface area contributed by atoms with Crippen LogP contribution < -0.4 is 14.2 Å². The highest BCUT2D eigenvalue weighted by Gasteiger charge is 2.35. The van der Waals surface area contributed by atoms with E-state index in [2.05, 4.69) is 0 Å². The third-order valence-electron chi connectivity index (χ3n) is 6.30. The SMILES string of the molecule is CCC(CC)C(=O)N1CCc2cc(OC)c(OC)cc2[C@@H]1COc1ccc(C(=O)OC)cc1. The lowest BCUT2D eigenvalue weighted by atomic mass is 9.90. The van der Waals surface area contributed by atoms with Crippen LogP contribution >= 0.6 is 0 Å². The van der Waals surface area contributed by atoms with Crippen molar-refractivity contribution in [3.05, 3.63) is 53.1 Å². The molecule has 1 aliphatic rings. The van der Waals surface area contributed by atoms with Gasteiger partial charge in [0, 0.05) is 12.5 Å². The summed E-state index contributed by atoms with van der Waals surface area (Å²) in [5.41, 5.74) is 2.58. The van der Waals surface area contributed by atoms with Gasteiger partial charge in [0.1, 0.15) is 12.4 Å². The highest BCUT2D eigenvalue weighted by molar-refractivity contribution is 5.89. The Hall–Kier alpha value is -3.22. The van der Waals surface area contributed by atoms with Crippen molar-refractivity contribution in [1.29, 1.82) is 0 Å². The molecule has 0 aliphatic carbocycles. The lowest BCUT2D eigenvalue weighted by Crippen LogP contribution is -2.45. The summed E-state index contributed by atoms with van der Waals surface area (Å²) in [5.74, 6) is 1.65. The van der Waals surface area contributed by atoms with Gasteiger partial charge >= 0.3 is 5.97 Å². The van der Waals surface area contributed by atoms with Crippen LogP contribution in [0, 0.1) is 5.92 Å². The van der Waals surface area contributed by atoms with Crippen molar-refractivity contribution in [2.24, 2.45) is 5.92 Å². The number of carbonyl (C=O) groups is 2. The lowest BCUT2D eigenvalue weighted by molar-refractivity contribution is -0.139. The number of ether oxygens (including phenoxy) is 4. The number of esters is 1. The van der Waals surface area contributed by atoms with E-state index < -0.39 is 5.97 Å². The van der Waals surface area contributed by atoms with Crippen LogP contribution in [0.5, 0.6) is 17.2 Å². The predicted molar refractivity (Wildman–Crippen MR) is 125 cm³/mol. The van der Waals surface area contributed by atoms with Crippen molar-refractivity contribution in [3.8, 4) is 17.2 Å². The van der Waals surface area contributed by atoms with E-state index in [1.807, 2.05) is 30.9 Å². The van der Waals surface area contributed by atoms with E-state index in [9.17, 15) is 9.59 Å². The van der Waals surface area contributed by atoms with E-state index in [0.29, 0.717) is 29.4 Å². The molecule has 33 heavy (non-hydrogen) atoms. The topological polar surface area (TPSA) is 74.3 Å². The molecule has 1 atom stereocenters. The Morgan fingerprint density at radius 2 is 1.64 bits per heavy atom. The zero-order chi connectivity index (χ0) is 24.0. The minimum absolute atomic E-state index is 0.0199. The van der Waals surface area contributed by atoms with Crippen molar-refractivity contribution >= 4 is 11.9 Å². The van der Waals surface area contributed by atoms with Gasteiger partial charge in [0.15, 0.2) is 11.5 Å². The van der Waals surface area contributed by atoms with Gasteiger partial charge in [0.25, 0.3) is 0 Å². The Bertz CT molecular complexity index is 967. The predicted octanol–water partition coefficient (Wildman–Crippen LogP) is 4.43. The third kappa shape index (κ3) is 5.24. The number of fused-ring (bicyclic) bond motifs is 1. The summed E-state index contributed by atoms with van der Waals surface area (Å²) in [6.07, 6.45) is 2.34. The number of carbonyl (C=O) groups excluding carboxylic acids is 2. The summed E-state index contributed by atoms with van der Waals surface area (Å²) in [6, 6.07) is 10.5. The second-order valence-corrected chi connectivity index (χ2v) is 8.04. The fourth-order valence-electron chi connectivity index (χ4n) is 4.32. The molecule has 7 heteroatoms. The van der Waals surface area contributed by atoms with Crippen molar-refractivity contribution in [2.75, 3.05) is 34.5 Å². The molecule has 0 fully saturated rings. The summed E-state index contributed by atoms with van der Waals surface area (Å²) >= 11 is 0. The summed E-state index contributed by atoms with van der Waals surface area (Å²) in [4.78, 5) is 27.0. The fourth-order valence-corrected chi connectivity index (χ4v) is 4.32. The first kappa shape index (κ1) is 24.4. The Labute approximate surface area is 195 Å². The minimum atomic E-state index is -0.397. The second-order valence-electron chi connectivity index (χ2n) is 8.04. The Morgan fingerprint density at radius 1 is 1.00 bits per heavy atom. The van der Waals surface area contributed by atoms with Gasteiger partial charge < -0.3 is 23.8 Å². The normalized spacial score (nSPS) is 15.1. The van der Waals surface area contributed by atoms with Crippen molar-refractivity contribution in [1.82, 2.24) is 4.90 Å². The first-order valence-electron chi connectivity index (χ1n) is 11.3. The molecule has 2 aromatic rings. The number of amides is 1. The number of hydrogen-bond donors (Lipinski definition) is 0. The molecule has 7 nitrogen and oxygen atoms in total. The largest absolute Gasteiger partial charge is 0.493 e. The van der Waals surface area contributed by atoms with Gasteiger partial charge in [-0.1, -0.05) is 13.8 Å². The van der Waals surface area contributed by atoms with Crippen LogP contribution in [0.4, 0.5) is 0 Å². The van der Waals surface area contributed by atoms with Gasteiger partial charge in [0.05, 0.1) is 32.9 Å². The standard InChI is InChI=1S/C26H33NO6/c1-6-17(7-2)25(28)27-13-12-19-14-23(30-3)24(31-4)15-21(19)22(27)16-33-20-10-8-18(9-11-20)26(29)32-5/h8-11,14-15,17,22H,6-7,12-13,16H2,1-5H3/t22-/m0/s1. The van der Waals surface area contributed by atoms with E-state index in [-0.39, 0.29) is 24.5 Å². The van der Waals surface area contributed by atoms with Crippen molar-refractivity contribution in [3.63, 3.8) is 0 Å². The average molecular weight is 456 g/mol. The van der Waals surface area contributed by atoms with Gasteiger partial charge in [-0.05, 0) is 66.8 Å². The maximum atomic E-state index is 13.4. The average Bonchev–Trinajstić information content (AvgIpc) is 2.86. The molecule has 1 heterocycles. The van der Waals surface area contributed by atoms with E-state index in [0.717, 1.165) is 30.4 Å². The molecule has 0 saturated heterocycles. The van der Waals surface area contributed by atoms with Gasteiger partial charge in [-0.2, -0.15) is 0 Å². The summed E-state index contributed by atoms with van der Waals surface area (Å²) in [7, 11) is 4.57. The molecule has 178 valence electrons. The third-order valence-corrected chi connectivity index (χ3v) is 6.30. The highest BCUT2D eigenvalue weighted by atomic mass is 16.5. The molecule has 0 aromatic heterocycles. The van der Waals surface area contributed by atoms with Gasteiger partial charge in [-0.25, -0.2) is 4.79 Å². The Balaban J connectivity index is 1.92. The zero-order valence-corrected chi connectivity index (χ0v) is 20.1. The van der Waals surface area contributed by atoms with Gasteiger partial charge in [-0.15, -0.1) is 0 Å². The number of methoxy groups -OCH3 is 3. The molecule has 1 amide bonds. The van der Waals surface area contributed by atoms with E-state index in [1.165, 1.54) is 7.11 Å². The Morgan fingerprint density at radius 3 is 2.21 bits per heavy atom. The van der Waals surface area contributed by atoms with Gasteiger partial charge in [-0.3, -0.25) is 4.79 Å². The number of rotatable bonds is 9. The molecule has 1 aliphatic heterocycles. The monoisotopic (exact) mass is 455 g/mol. The smallest absolute Gasteiger partial charge is 0.337 e. The quantitative estimate of drug-likeness (QED) is 0.521. The highest BCUT2D eigenvalue weighted by Crippen LogP contribution is 2.39. The van der Waals surface area contributed by atoms with Crippen LogP contribution in [0.3, 0.4) is 0 Å². The molecule has 0 radical (unpaired) electrons. The van der Waals surface area contributed by atoms with Crippen LogP contribution in [0.25, 0.3) is 0 Å². The molecular formula is C26H33NO6. The maximum absolute atomic E-state index is 13.4. The van der Waals surface area contributed by atoms with E-state index in [1.54, 1.807) is 38.5 Å². The van der Waals surface area contributed by atoms with Crippen molar-refractivity contribution in [2.45, 2.75) is 39.2 Å². The summed E-state index contributed by atoms with van der Waals surface area (Å²) < 4.78 is 21.9. The number of nitrogens with zero attached hydrogens (tertiary/aromatic N) is 1. The molecule has 0 N–H and O–H groups in total. The van der Waals surface area contributed by atoms with Crippen molar-refractivity contribution < 1.29 is 28.5 Å². The van der Waals surface area contributed by atoms with Gasteiger partial charge in [0.2, 0.25) is 5.91 Å². The molecule has 0 saturated carbocycles. The molecule has 2 aromatic carbocycles. The van der Waals surface area contributed by atoms with Crippen LogP contribution in [0.1, 0.15) is 54.2 Å². The second kappa shape index (κ2) is 11.1. The fraction of sp³-hybridized carbons (Fsp3) is 0.462. The summed E-state index contributed by atoms with van der Waals surface area (Å²) in [5, 5.41) is 0. The maximum Gasteiger partial charge on any atom is 0.337 e. The first-order valence-corrected chi connectivity index (χ1v) is 11.3. The molecule has 0 unspecified atom stereocenters. The number of hydrogen-bond acceptors (Lipinski definition) is 6. The minimum Gasteiger partial charge on any atom is -0.493 e. The first-order chi connectivity index (χ1) is 16.0. The lowest BCUT2D eigenvalue weighted by Gasteiger charge is -2.39.